The van der Waals surface area contributed by atoms with Gasteiger partial charge in [0.2, 0.25) is 0 Å². The fourth-order valence-corrected chi connectivity index (χ4v) is 3.11. The molecule has 0 amide bonds. The van der Waals surface area contributed by atoms with Gasteiger partial charge in [-0.1, -0.05) is 71.4 Å². The fourth-order valence-electron chi connectivity index (χ4n) is 1.83. The molecule has 96 valence electrons. The molecule has 0 fully saturated rings. The summed E-state index contributed by atoms with van der Waals surface area (Å²) in [5.74, 6) is 0.898. The molecule has 0 aromatic rings. The van der Waals surface area contributed by atoms with Crippen molar-refractivity contribution in [3.8, 4) is 0 Å². The second kappa shape index (κ2) is 10.8. The Morgan fingerprint density at radius 1 is 0.938 bits per heavy atom. The third-order valence-corrected chi connectivity index (χ3v) is 4.55. The Kier molecular flexibility index (Phi) is 11.2. The first kappa shape index (κ1) is 16.6. The lowest BCUT2D eigenvalue weighted by atomic mass is 9.88. The first-order valence-electron chi connectivity index (χ1n) is 6.36. The van der Waals surface area contributed by atoms with Crippen molar-refractivity contribution in [2.45, 2.75) is 52.4 Å². The van der Waals surface area contributed by atoms with Crippen molar-refractivity contribution in [2.75, 3.05) is 10.7 Å². The zero-order chi connectivity index (χ0) is 12.4. The van der Waals surface area contributed by atoms with Crippen molar-refractivity contribution < 1.29 is 4.79 Å². The number of alkyl halides is 2. The monoisotopic (exact) mass is 354 g/mol. The summed E-state index contributed by atoms with van der Waals surface area (Å²) in [4.78, 5) is 12.3. The number of unbranched alkanes of at least 4 members (excludes halogenated alkanes) is 2. The third kappa shape index (κ3) is 6.39. The normalized spacial score (nSPS) is 14.8. The van der Waals surface area contributed by atoms with Crippen LogP contribution in [0.2, 0.25) is 0 Å². The van der Waals surface area contributed by atoms with E-state index in [9.17, 15) is 4.79 Å². The molecule has 0 spiro atoms. The molecule has 0 saturated carbocycles. The lowest BCUT2D eigenvalue weighted by Crippen LogP contribution is -2.26. The number of rotatable bonds is 10. The Hall–Kier alpha value is 0.630. The second-order valence-corrected chi connectivity index (χ2v) is 5.68. The summed E-state index contributed by atoms with van der Waals surface area (Å²) in [7, 11) is 0. The number of carbonyl (C=O) groups excluding carboxylic acids is 1. The van der Waals surface area contributed by atoms with Crippen molar-refractivity contribution in [3.05, 3.63) is 0 Å². The van der Waals surface area contributed by atoms with E-state index in [1.807, 2.05) is 0 Å². The molecule has 2 unspecified atom stereocenters. The van der Waals surface area contributed by atoms with Gasteiger partial charge in [0.25, 0.3) is 0 Å². The molecule has 0 aliphatic carbocycles. The quantitative estimate of drug-likeness (QED) is 0.506. The Morgan fingerprint density at radius 3 is 1.56 bits per heavy atom. The molecule has 0 saturated heterocycles. The summed E-state index contributed by atoms with van der Waals surface area (Å²) in [6.45, 7) is 4.35. The zero-order valence-corrected chi connectivity index (χ0v) is 13.6. The maximum atomic E-state index is 12.3. The molecule has 0 bridgehead atoms. The van der Waals surface area contributed by atoms with Gasteiger partial charge in [0.15, 0.2) is 0 Å². The van der Waals surface area contributed by atoms with Crippen LogP contribution in [0.3, 0.4) is 0 Å². The van der Waals surface area contributed by atoms with Crippen LogP contribution in [0.15, 0.2) is 0 Å². The standard InChI is InChI=1S/C13H24Br2O/c1-3-5-7-11(9-14)13(16)12(10-15)8-6-4-2/h11-12H,3-10H2,1-2H3. The minimum Gasteiger partial charge on any atom is -0.299 e. The average molecular weight is 356 g/mol. The highest BCUT2D eigenvalue weighted by atomic mass is 79.9. The highest BCUT2D eigenvalue weighted by Gasteiger charge is 2.24. The molecule has 0 rings (SSSR count). The van der Waals surface area contributed by atoms with E-state index >= 15 is 0 Å². The molecule has 0 radical (unpaired) electrons. The summed E-state index contributed by atoms with van der Waals surface area (Å²) < 4.78 is 0. The molecule has 0 aliphatic rings. The summed E-state index contributed by atoms with van der Waals surface area (Å²) >= 11 is 6.95. The predicted octanol–water partition coefficient (Wildman–Crippen LogP) is 4.96. The van der Waals surface area contributed by atoms with Gasteiger partial charge in [-0.3, -0.25) is 4.79 Å². The number of halogens is 2. The van der Waals surface area contributed by atoms with Crippen LogP contribution in [0.25, 0.3) is 0 Å². The molecule has 0 aliphatic heterocycles. The SMILES string of the molecule is CCCCC(CBr)C(=O)C(CBr)CCCC. The van der Waals surface area contributed by atoms with Crippen LogP contribution < -0.4 is 0 Å². The topological polar surface area (TPSA) is 17.1 Å². The second-order valence-electron chi connectivity index (χ2n) is 4.39. The molecule has 0 aromatic carbocycles. The lowest BCUT2D eigenvalue weighted by Gasteiger charge is -2.19. The van der Waals surface area contributed by atoms with E-state index in [2.05, 4.69) is 45.7 Å². The molecular formula is C13H24Br2O. The predicted molar refractivity (Wildman–Crippen MR) is 78.6 cm³/mol. The van der Waals surface area contributed by atoms with Gasteiger partial charge in [-0.15, -0.1) is 0 Å². The fraction of sp³-hybridized carbons (Fsp3) is 0.923. The molecule has 0 aromatic heterocycles. The van der Waals surface area contributed by atoms with Gasteiger partial charge >= 0.3 is 0 Å². The summed E-state index contributed by atoms with van der Waals surface area (Å²) in [6.07, 6.45) is 6.73. The van der Waals surface area contributed by atoms with Crippen LogP contribution in [0.1, 0.15) is 52.4 Å². The number of ketones is 1. The Labute approximate surface area is 117 Å². The van der Waals surface area contributed by atoms with Crippen LogP contribution in [0.4, 0.5) is 0 Å². The number of Topliss-reactive ketones (excluding diaryl/α,β-unsaturated/α-hetero) is 1. The average Bonchev–Trinajstić information content (AvgIpc) is 2.31. The first-order chi connectivity index (χ1) is 7.71. The van der Waals surface area contributed by atoms with Crippen molar-refractivity contribution in [1.29, 1.82) is 0 Å². The lowest BCUT2D eigenvalue weighted by molar-refractivity contribution is -0.125. The summed E-state index contributed by atoms with van der Waals surface area (Å²) in [6, 6.07) is 0. The van der Waals surface area contributed by atoms with Gasteiger partial charge in [-0.05, 0) is 12.8 Å². The molecule has 0 N–H and O–H groups in total. The van der Waals surface area contributed by atoms with Crippen LogP contribution in [0.5, 0.6) is 0 Å². The molecule has 16 heavy (non-hydrogen) atoms. The number of carbonyl (C=O) groups is 1. The van der Waals surface area contributed by atoms with Gasteiger partial charge in [-0.25, -0.2) is 0 Å². The van der Waals surface area contributed by atoms with Crippen LogP contribution in [0, 0.1) is 11.8 Å². The number of hydrogen-bond acceptors (Lipinski definition) is 1. The largest absolute Gasteiger partial charge is 0.299 e. The van der Waals surface area contributed by atoms with Gasteiger partial charge in [0, 0.05) is 22.5 Å². The van der Waals surface area contributed by atoms with E-state index in [-0.39, 0.29) is 11.8 Å². The number of hydrogen-bond donors (Lipinski definition) is 0. The van der Waals surface area contributed by atoms with Gasteiger partial charge in [0.1, 0.15) is 5.78 Å². The van der Waals surface area contributed by atoms with Gasteiger partial charge in [-0.2, -0.15) is 0 Å². The van der Waals surface area contributed by atoms with E-state index in [1.165, 1.54) is 12.8 Å². The first-order valence-corrected chi connectivity index (χ1v) is 8.61. The minimum atomic E-state index is 0.222. The maximum absolute atomic E-state index is 12.3. The molecule has 0 heterocycles. The summed E-state index contributed by atoms with van der Waals surface area (Å²) in [5.41, 5.74) is 0. The maximum Gasteiger partial charge on any atom is 0.140 e. The van der Waals surface area contributed by atoms with Crippen molar-refractivity contribution in [2.24, 2.45) is 11.8 Å². The Bertz CT molecular complexity index is 165. The zero-order valence-electron chi connectivity index (χ0n) is 10.5. The van der Waals surface area contributed by atoms with Crippen LogP contribution >= 0.6 is 31.9 Å². The van der Waals surface area contributed by atoms with E-state index in [0.29, 0.717) is 5.78 Å². The van der Waals surface area contributed by atoms with E-state index in [0.717, 1.165) is 36.3 Å². The van der Waals surface area contributed by atoms with E-state index in [4.69, 9.17) is 0 Å². The molecule has 1 nitrogen and oxygen atoms in total. The smallest absolute Gasteiger partial charge is 0.140 e. The van der Waals surface area contributed by atoms with Crippen LogP contribution in [-0.4, -0.2) is 16.4 Å². The van der Waals surface area contributed by atoms with Gasteiger partial charge < -0.3 is 0 Å². The highest BCUT2D eigenvalue weighted by Crippen LogP contribution is 2.22. The van der Waals surface area contributed by atoms with Crippen molar-refractivity contribution in [3.63, 3.8) is 0 Å². The summed E-state index contributed by atoms with van der Waals surface area (Å²) in [5, 5.41) is 1.64. The van der Waals surface area contributed by atoms with E-state index < -0.39 is 0 Å². The van der Waals surface area contributed by atoms with Crippen LogP contribution in [-0.2, 0) is 4.79 Å². The van der Waals surface area contributed by atoms with Crippen molar-refractivity contribution in [1.82, 2.24) is 0 Å². The molecule has 3 heteroatoms. The third-order valence-electron chi connectivity index (χ3n) is 2.99. The van der Waals surface area contributed by atoms with Crippen molar-refractivity contribution >= 4 is 37.6 Å². The Morgan fingerprint density at radius 2 is 1.31 bits per heavy atom. The van der Waals surface area contributed by atoms with E-state index in [1.54, 1.807) is 0 Å². The van der Waals surface area contributed by atoms with Gasteiger partial charge in [0.05, 0.1) is 0 Å². The Balaban J connectivity index is 4.20. The molecular weight excluding hydrogens is 332 g/mol. The minimum absolute atomic E-state index is 0.222. The highest BCUT2D eigenvalue weighted by molar-refractivity contribution is 9.09. The molecule has 2 atom stereocenters.